The van der Waals surface area contributed by atoms with Gasteiger partial charge in [0.05, 0.1) is 6.04 Å². The number of likely N-dealkylation sites (N-methyl/N-ethyl adjacent to an activating group) is 1. The molecule has 1 saturated heterocycles. The first kappa shape index (κ1) is 11.8. The lowest BCUT2D eigenvalue weighted by Crippen LogP contribution is -2.38. The summed E-state index contributed by atoms with van der Waals surface area (Å²) in [5.74, 6) is 0.268. The number of rotatable bonds is 1. The molecule has 18 heavy (non-hydrogen) atoms. The van der Waals surface area contributed by atoms with Gasteiger partial charge in [0.25, 0.3) is 0 Å². The molecule has 0 radical (unpaired) electrons. The molecule has 2 N–H and O–H groups in total. The molecule has 0 saturated carbocycles. The first-order valence-corrected chi connectivity index (χ1v) is 6.86. The van der Waals surface area contributed by atoms with E-state index in [1.165, 1.54) is 17.7 Å². The van der Waals surface area contributed by atoms with Gasteiger partial charge in [-0.15, -0.1) is 0 Å². The number of hydrogen-bond acceptors (Lipinski definition) is 2. The lowest BCUT2D eigenvalue weighted by molar-refractivity contribution is -0.132. The fraction of sp³-hybridized carbons (Fsp3) is 0.643. The minimum Gasteiger partial charge on any atom is -0.346 e. The van der Waals surface area contributed by atoms with Crippen LogP contribution in [0.5, 0.6) is 0 Å². The van der Waals surface area contributed by atoms with Crippen molar-refractivity contribution in [2.45, 2.75) is 44.2 Å². The third kappa shape index (κ3) is 1.85. The molecule has 1 aliphatic carbocycles. The van der Waals surface area contributed by atoms with E-state index in [0.29, 0.717) is 12.5 Å². The van der Waals surface area contributed by atoms with Crippen LogP contribution in [-0.2, 0) is 11.2 Å². The molecule has 0 bridgehead atoms. The lowest BCUT2D eigenvalue weighted by Gasteiger charge is -2.33. The molecule has 0 spiro atoms. The van der Waals surface area contributed by atoms with Crippen LogP contribution >= 0.6 is 0 Å². The molecule has 4 heteroatoms. The number of likely N-dealkylation sites (tertiary alicyclic amines) is 1. The van der Waals surface area contributed by atoms with E-state index in [0.717, 1.165) is 25.8 Å². The van der Waals surface area contributed by atoms with Crippen LogP contribution in [0.4, 0.5) is 0 Å². The van der Waals surface area contributed by atoms with Crippen molar-refractivity contribution >= 4 is 5.91 Å². The van der Waals surface area contributed by atoms with Crippen LogP contribution in [0, 0.1) is 0 Å². The van der Waals surface area contributed by atoms with E-state index in [2.05, 4.69) is 16.8 Å². The van der Waals surface area contributed by atoms with Gasteiger partial charge in [0.15, 0.2) is 0 Å². The van der Waals surface area contributed by atoms with E-state index in [1.54, 1.807) is 0 Å². The molecule has 2 atom stereocenters. The minimum absolute atomic E-state index is 0.206. The van der Waals surface area contributed by atoms with Gasteiger partial charge in [-0.2, -0.15) is 0 Å². The second-order valence-corrected chi connectivity index (χ2v) is 5.59. The average molecular weight is 247 g/mol. The van der Waals surface area contributed by atoms with Gasteiger partial charge < -0.3 is 15.2 Å². The van der Waals surface area contributed by atoms with Crippen molar-refractivity contribution in [1.82, 2.24) is 9.47 Å². The summed E-state index contributed by atoms with van der Waals surface area (Å²) in [4.78, 5) is 13.4. The second-order valence-electron chi connectivity index (χ2n) is 5.59. The zero-order valence-corrected chi connectivity index (χ0v) is 10.9. The molecule has 3 rings (SSSR count). The Labute approximate surface area is 108 Å². The number of amides is 1. The average Bonchev–Trinajstić information content (AvgIpc) is 2.78. The maximum absolute atomic E-state index is 11.5. The minimum atomic E-state index is 0.206. The second kappa shape index (κ2) is 4.43. The zero-order chi connectivity index (χ0) is 12.7. The highest BCUT2D eigenvalue weighted by Crippen LogP contribution is 2.32. The number of carbonyl (C=O) groups is 1. The monoisotopic (exact) mass is 247 g/mol. The van der Waals surface area contributed by atoms with Gasteiger partial charge in [0.2, 0.25) is 5.91 Å². The van der Waals surface area contributed by atoms with Gasteiger partial charge >= 0.3 is 0 Å². The summed E-state index contributed by atoms with van der Waals surface area (Å²) >= 11 is 0. The molecular weight excluding hydrogens is 226 g/mol. The first-order chi connectivity index (χ1) is 8.66. The van der Waals surface area contributed by atoms with Crippen molar-refractivity contribution in [3.05, 3.63) is 23.5 Å². The topological polar surface area (TPSA) is 51.3 Å². The van der Waals surface area contributed by atoms with Crippen molar-refractivity contribution in [2.24, 2.45) is 5.73 Å². The lowest BCUT2D eigenvalue weighted by atomic mass is 9.93. The van der Waals surface area contributed by atoms with Crippen molar-refractivity contribution in [3.63, 3.8) is 0 Å². The highest BCUT2D eigenvalue weighted by atomic mass is 16.2. The van der Waals surface area contributed by atoms with Crippen LogP contribution in [0.15, 0.2) is 12.3 Å². The number of aromatic nitrogens is 1. The summed E-state index contributed by atoms with van der Waals surface area (Å²) in [5, 5.41) is 0. The molecule has 2 unspecified atom stereocenters. The van der Waals surface area contributed by atoms with Gasteiger partial charge in [0, 0.05) is 37.9 Å². The van der Waals surface area contributed by atoms with Gasteiger partial charge in [-0.05, 0) is 37.3 Å². The van der Waals surface area contributed by atoms with E-state index in [-0.39, 0.29) is 11.9 Å². The molecule has 0 aromatic carbocycles. The number of fused-ring (bicyclic) bond motifs is 1. The maximum atomic E-state index is 11.5. The first-order valence-electron chi connectivity index (χ1n) is 6.86. The van der Waals surface area contributed by atoms with Crippen LogP contribution in [0.2, 0.25) is 0 Å². The van der Waals surface area contributed by atoms with Crippen molar-refractivity contribution in [1.29, 1.82) is 0 Å². The van der Waals surface area contributed by atoms with Gasteiger partial charge in [-0.25, -0.2) is 0 Å². The summed E-state index contributed by atoms with van der Waals surface area (Å²) in [5.41, 5.74) is 8.89. The van der Waals surface area contributed by atoms with Crippen molar-refractivity contribution in [3.8, 4) is 0 Å². The van der Waals surface area contributed by atoms with Crippen LogP contribution in [0.25, 0.3) is 0 Å². The third-order valence-electron chi connectivity index (χ3n) is 4.38. The molecule has 2 heterocycles. The summed E-state index contributed by atoms with van der Waals surface area (Å²) in [6, 6.07) is 2.81. The predicted molar refractivity (Wildman–Crippen MR) is 70.2 cm³/mol. The quantitative estimate of drug-likeness (QED) is 0.820. The van der Waals surface area contributed by atoms with Gasteiger partial charge in [-0.1, -0.05) is 0 Å². The van der Waals surface area contributed by atoms with E-state index in [9.17, 15) is 4.79 Å². The summed E-state index contributed by atoms with van der Waals surface area (Å²) in [6.45, 7) is 0.829. The summed E-state index contributed by atoms with van der Waals surface area (Å²) < 4.78 is 2.37. The highest BCUT2D eigenvalue weighted by molar-refractivity contribution is 5.76. The Morgan fingerprint density at radius 3 is 2.94 bits per heavy atom. The maximum Gasteiger partial charge on any atom is 0.222 e. The van der Waals surface area contributed by atoms with Crippen molar-refractivity contribution < 1.29 is 4.79 Å². The molecule has 4 nitrogen and oxygen atoms in total. The van der Waals surface area contributed by atoms with Gasteiger partial charge in [-0.3, -0.25) is 4.79 Å². The summed E-state index contributed by atoms with van der Waals surface area (Å²) in [6.07, 6.45) is 7.20. The molecule has 1 aromatic rings. The molecule has 2 aliphatic rings. The van der Waals surface area contributed by atoms with E-state index in [4.69, 9.17) is 5.73 Å². The Morgan fingerprint density at radius 1 is 1.33 bits per heavy atom. The van der Waals surface area contributed by atoms with E-state index < -0.39 is 0 Å². The van der Waals surface area contributed by atoms with Crippen molar-refractivity contribution in [2.75, 3.05) is 13.6 Å². The van der Waals surface area contributed by atoms with Crippen LogP contribution in [-0.4, -0.2) is 29.0 Å². The fourth-order valence-corrected chi connectivity index (χ4v) is 3.31. The smallest absolute Gasteiger partial charge is 0.222 e. The Morgan fingerprint density at radius 2 is 2.17 bits per heavy atom. The van der Waals surface area contributed by atoms with E-state index in [1.807, 2.05) is 11.9 Å². The number of hydrogen-bond donors (Lipinski definition) is 1. The fourth-order valence-electron chi connectivity index (χ4n) is 3.31. The van der Waals surface area contributed by atoms with Crippen LogP contribution < -0.4 is 5.73 Å². The van der Waals surface area contributed by atoms with E-state index >= 15 is 0 Å². The normalized spacial score (nSPS) is 28.3. The number of piperidine rings is 1. The highest BCUT2D eigenvalue weighted by Gasteiger charge is 2.28. The number of carbonyl (C=O) groups excluding carboxylic acids is 1. The van der Waals surface area contributed by atoms with Crippen LogP contribution in [0.3, 0.4) is 0 Å². The standard InChI is InChI=1S/C14H21N3O/c1-16-9-10(5-6-14(16)18)17-8-7-11-12(15)3-2-4-13(11)17/h7-8,10,12H,2-6,9,15H2,1H3. The Balaban J connectivity index is 1.87. The third-order valence-corrected chi connectivity index (χ3v) is 4.38. The Kier molecular flexibility index (Phi) is 2.90. The molecule has 1 fully saturated rings. The molecular formula is C14H21N3O. The molecule has 1 aromatic heterocycles. The van der Waals surface area contributed by atoms with Gasteiger partial charge in [0.1, 0.15) is 0 Å². The van der Waals surface area contributed by atoms with Crippen LogP contribution in [0.1, 0.15) is 49.0 Å². The molecule has 1 aliphatic heterocycles. The summed E-state index contributed by atoms with van der Waals surface area (Å²) in [7, 11) is 1.90. The SMILES string of the molecule is CN1CC(n2ccc3c2CCCC3N)CCC1=O. The largest absolute Gasteiger partial charge is 0.346 e. The Hall–Kier alpha value is -1.29. The predicted octanol–water partition coefficient (Wildman–Crippen LogP) is 1.62. The number of nitrogens with zero attached hydrogens (tertiary/aromatic N) is 2. The Bertz CT molecular complexity index is 466. The zero-order valence-electron chi connectivity index (χ0n) is 10.9. The molecule has 98 valence electrons. The molecule has 1 amide bonds. The number of nitrogens with two attached hydrogens (primary N) is 1.